The first-order chi connectivity index (χ1) is 13.4. The summed E-state index contributed by atoms with van der Waals surface area (Å²) in [5, 5.41) is 2.54. The van der Waals surface area contributed by atoms with Crippen molar-refractivity contribution in [3.8, 4) is 11.1 Å². The molecule has 0 N–H and O–H groups in total. The zero-order chi connectivity index (χ0) is 19.8. The quantitative estimate of drug-likeness (QED) is 0.466. The largest absolute Gasteiger partial charge is 0.292 e. The zero-order valence-electron chi connectivity index (χ0n) is 16.0. The molecule has 2 aromatic heterocycles. The van der Waals surface area contributed by atoms with E-state index in [1.54, 1.807) is 12.1 Å². The van der Waals surface area contributed by atoms with Crippen LogP contribution in [0.25, 0.3) is 21.3 Å². The molecule has 0 bridgehead atoms. The van der Waals surface area contributed by atoms with Crippen LogP contribution < -0.4 is 5.56 Å². The van der Waals surface area contributed by atoms with Crippen LogP contribution in [0.15, 0.2) is 59.0 Å². The molecule has 0 radical (unpaired) electrons. The van der Waals surface area contributed by atoms with E-state index >= 15 is 0 Å². The van der Waals surface area contributed by atoms with Gasteiger partial charge < -0.3 is 0 Å². The Morgan fingerprint density at radius 2 is 1.79 bits per heavy atom. The van der Waals surface area contributed by atoms with E-state index in [4.69, 9.17) is 0 Å². The number of rotatable bonds is 4. The molecule has 0 unspecified atom stereocenters. The van der Waals surface area contributed by atoms with Crippen molar-refractivity contribution in [3.63, 3.8) is 0 Å². The number of carbonyl (C=O) groups excluding carboxylic acids is 1. The summed E-state index contributed by atoms with van der Waals surface area (Å²) >= 11 is 1.45. The van der Waals surface area contributed by atoms with Gasteiger partial charge in [-0.1, -0.05) is 48.0 Å². The van der Waals surface area contributed by atoms with Crippen LogP contribution in [0.5, 0.6) is 0 Å². The lowest BCUT2D eigenvalue weighted by molar-refractivity contribution is 0.0970. The fraction of sp³-hybridized carbons (Fsp3) is 0.174. The average molecular weight is 388 g/mol. The van der Waals surface area contributed by atoms with Crippen LogP contribution in [0, 0.1) is 20.8 Å². The summed E-state index contributed by atoms with van der Waals surface area (Å²) in [5.41, 5.74) is 5.76. The van der Waals surface area contributed by atoms with E-state index < -0.39 is 0 Å². The summed E-state index contributed by atoms with van der Waals surface area (Å²) < 4.78 is 1.40. The van der Waals surface area contributed by atoms with Crippen molar-refractivity contribution in [1.29, 1.82) is 0 Å². The number of aryl methyl sites for hydroxylation is 3. The normalized spacial score (nSPS) is 11.1. The zero-order valence-corrected chi connectivity index (χ0v) is 16.8. The van der Waals surface area contributed by atoms with E-state index in [1.165, 1.54) is 33.4 Å². The van der Waals surface area contributed by atoms with Crippen LogP contribution in [0.2, 0.25) is 0 Å². The minimum atomic E-state index is -0.181. The Labute approximate surface area is 167 Å². The van der Waals surface area contributed by atoms with Gasteiger partial charge >= 0.3 is 0 Å². The highest BCUT2D eigenvalue weighted by atomic mass is 32.1. The van der Waals surface area contributed by atoms with E-state index in [0.29, 0.717) is 15.8 Å². The molecule has 5 heteroatoms. The molecule has 0 aliphatic carbocycles. The molecule has 2 aromatic carbocycles. The van der Waals surface area contributed by atoms with Crippen molar-refractivity contribution >= 4 is 27.3 Å². The fourth-order valence-corrected chi connectivity index (χ4v) is 4.09. The van der Waals surface area contributed by atoms with Gasteiger partial charge in [0.15, 0.2) is 5.78 Å². The maximum absolute atomic E-state index is 13.1. The van der Waals surface area contributed by atoms with Gasteiger partial charge in [0, 0.05) is 16.5 Å². The second-order valence-corrected chi connectivity index (χ2v) is 7.95. The van der Waals surface area contributed by atoms with Crippen molar-refractivity contribution in [1.82, 2.24) is 9.55 Å². The van der Waals surface area contributed by atoms with Crippen LogP contribution >= 0.6 is 11.3 Å². The number of fused-ring (bicyclic) bond motifs is 1. The molecular formula is C23H20N2O2S. The number of thiophene rings is 1. The first-order valence-corrected chi connectivity index (χ1v) is 9.96. The summed E-state index contributed by atoms with van der Waals surface area (Å²) in [7, 11) is 0. The molecule has 0 amide bonds. The lowest BCUT2D eigenvalue weighted by Gasteiger charge is -2.07. The molecule has 0 spiro atoms. The summed E-state index contributed by atoms with van der Waals surface area (Å²) in [6, 6.07) is 13.6. The van der Waals surface area contributed by atoms with Crippen LogP contribution in [0.3, 0.4) is 0 Å². The molecule has 0 atom stereocenters. The first kappa shape index (κ1) is 18.3. The number of carbonyl (C=O) groups is 1. The van der Waals surface area contributed by atoms with Gasteiger partial charge in [-0.15, -0.1) is 11.3 Å². The molecule has 0 aliphatic heterocycles. The highest BCUT2D eigenvalue weighted by molar-refractivity contribution is 7.17. The number of aromatic nitrogens is 2. The molecule has 0 aliphatic rings. The molecule has 140 valence electrons. The van der Waals surface area contributed by atoms with Gasteiger partial charge in [-0.2, -0.15) is 0 Å². The van der Waals surface area contributed by atoms with Gasteiger partial charge in [0.2, 0.25) is 0 Å². The predicted molar refractivity (Wildman–Crippen MR) is 114 cm³/mol. The monoisotopic (exact) mass is 388 g/mol. The highest BCUT2D eigenvalue weighted by Gasteiger charge is 2.15. The molecule has 4 nitrogen and oxygen atoms in total. The van der Waals surface area contributed by atoms with Crippen molar-refractivity contribution < 1.29 is 4.79 Å². The van der Waals surface area contributed by atoms with E-state index in [9.17, 15) is 9.59 Å². The minimum Gasteiger partial charge on any atom is -0.292 e. The smallest absolute Gasteiger partial charge is 0.263 e. The van der Waals surface area contributed by atoms with E-state index in [2.05, 4.69) is 31.0 Å². The molecular weight excluding hydrogens is 368 g/mol. The highest BCUT2D eigenvalue weighted by Crippen LogP contribution is 2.31. The maximum atomic E-state index is 13.1. The van der Waals surface area contributed by atoms with Gasteiger partial charge in [-0.05, 0) is 37.5 Å². The summed E-state index contributed by atoms with van der Waals surface area (Å²) in [4.78, 5) is 30.8. The Bertz CT molecular complexity index is 1250. The molecule has 4 aromatic rings. The van der Waals surface area contributed by atoms with E-state index in [1.807, 2.05) is 30.5 Å². The number of Topliss-reactive ketones (excluding diaryl/α,β-unsaturated/α-hetero) is 1. The average Bonchev–Trinajstić information content (AvgIpc) is 3.11. The number of nitrogens with zero attached hydrogens (tertiary/aromatic N) is 2. The van der Waals surface area contributed by atoms with Crippen molar-refractivity contribution in [2.24, 2.45) is 0 Å². The molecule has 0 saturated heterocycles. The van der Waals surface area contributed by atoms with E-state index in [0.717, 1.165) is 16.7 Å². The lowest BCUT2D eigenvalue weighted by Crippen LogP contribution is -2.24. The third kappa shape index (κ3) is 3.29. The van der Waals surface area contributed by atoms with Crippen molar-refractivity contribution in [2.45, 2.75) is 27.3 Å². The van der Waals surface area contributed by atoms with Crippen LogP contribution in [0.4, 0.5) is 0 Å². The lowest BCUT2D eigenvalue weighted by atomic mass is 10.0. The van der Waals surface area contributed by atoms with Gasteiger partial charge in [-0.3, -0.25) is 14.2 Å². The number of hydrogen-bond donors (Lipinski definition) is 0. The van der Waals surface area contributed by atoms with Gasteiger partial charge in [0.1, 0.15) is 4.83 Å². The Morgan fingerprint density at radius 1 is 1.04 bits per heavy atom. The first-order valence-electron chi connectivity index (χ1n) is 9.08. The topological polar surface area (TPSA) is 52.0 Å². The second-order valence-electron chi connectivity index (χ2n) is 7.10. The maximum Gasteiger partial charge on any atom is 0.263 e. The van der Waals surface area contributed by atoms with Crippen LogP contribution in [-0.2, 0) is 6.54 Å². The van der Waals surface area contributed by atoms with Gasteiger partial charge in [-0.25, -0.2) is 4.98 Å². The predicted octanol–water partition coefficient (Wildman–Crippen LogP) is 4.93. The molecule has 0 saturated carbocycles. The molecule has 4 rings (SSSR count). The Morgan fingerprint density at radius 3 is 2.50 bits per heavy atom. The third-order valence-electron chi connectivity index (χ3n) is 5.07. The van der Waals surface area contributed by atoms with Crippen molar-refractivity contribution in [2.75, 3.05) is 0 Å². The molecule has 28 heavy (non-hydrogen) atoms. The second kappa shape index (κ2) is 7.17. The Kier molecular flexibility index (Phi) is 4.69. The van der Waals surface area contributed by atoms with Gasteiger partial charge in [0.25, 0.3) is 5.56 Å². The SMILES string of the molecule is Cc1ccc(C(=O)Cn2cnc3scc(-c4ccc(C)c(C)c4)c3c2=O)cc1. The van der Waals surface area contributed by atoms with Crippen LogP contribution in [0.1, 0.15) is 27.0 Å². The van der Waals surface area contributed by atoms with E-state index in [-0.39, 0.29) is 17.9 Å². The van der Waals surface area contributed by atoms with Crippen LogP contribution in [-0.4, -0.2) is 15.3 Å². The summed E-state index contributed by atoms with van der Waals surface area (Å²) in [6.07, 6.45) is 1.47. The van der Waals surface area contributed by atoms with Gasteiger partial charge in [0.05, 0.1) is 18.3 Å². The summed E-state index contributed by atoms with van der Waals surface area (Å²) in [6.45, 7) is 6.08. The number of hydrogen-bond acceptors (Lipinski definition) is 4. The Hall–Kier alpha value is -3.05. The number of ketones is 1. The van der Waals surface area contributed by atoms with Crippen molar-refractivity contribution in [3.05, 3.63) is 86.8 Å². The standard InChI is InChI=1S/C23H20N2O2S/c1-14-4-7-17(8-5-14)20(26)11-25-13-24-22-21(23(25)27)19(12-28-22)18-9-6-15(2)16(3)10-18/h4-10,12-13H,11H2,1-3H3. The minimum absolute atomic E-state index is 0.0208. The molecule has 0 fully saturated rings. The fourth-order valence-electron chi connectivity index (χ4n) is 3.19. The molecule has 2 heterocycles. The Balaban J connectivity index is 1.76. The third-order valence-corrected chi connectivity index (χ3v) is 5.95. The number of benzene rings is 2. The summed E-state index contributed by atoms with van der Waals surface area (Å²) in [5.74, 6) is -0.105.